The van der Waals surface area contributed by atoms with Crippen LogP contribution in [0.15, 0.2) is 35.4 Å². The summed E-state index contributed by atoms with van der Waals surface area (Å²) >= 11 is 5.86. The van der Waals surface area contributed by atoms with Crippen molar-refractivity contribution in [3.05, 3.63) is 46.0 Å². The SMILES string of the molecule is CC(C)=C1[C@@H]2CC[C@@H]1[C@@H](C(=O)NCc1ccc(Cl)cc1)[C@H]2C(=O)O. The lowest BCUT2D eigenvalue weighted by Crippen LogP contribution is -2.41. The molecule has 0 saturated heterocycles. The lowest BCUT2D eigenvalue weighted by molar-refractivity contribution is -0.149. The zero-order valence-corrected chi connectivity index (χ0v) is 14.6. The second-order valence-electron chi connectivity index (χ2n) is 6.98. The monoisotopic (exact) mass is 347 g/mol. The molecule has 0 spiro atoms. The van der Waals surface area contributed by atoms with Gasteiger partial charge in [-0.1, -0.05) is 34.9 Å². The summed E-state index contributed by atoms with van der Waals surface area (Å²) in [6.45, 7) is 4.43. The van der Waals surface area contributed by atoms with E-state index >= 15 is 0 Å². The molecule has 1 aromatic carbocycles. The van der Waals surface area contributed by atoms with E-state index in [9.17, 15) is 14.7 Å². The van der Waals surface area contributed by atoms with E-state index in [2.05, 4.69) is 5.32 Å². The van der Waals surface area contributed by atoms with E-state index in [1.807, 2.05) is 26.0 Å². The van der Waals surface area contributed by atoms with E-state index in [-0.39, 0.29) is 17.7 Å². The summed E-state index contributed by atoms with van der Waals surface area (Å²) in [5, 5.41) is 13.2. The highest BCUT2D eigenvalue weighted by Gasteiger charge is 2.57. The van der Waals surface area contributed by atoms with Crippen LogP contribution in [0.3, 0.4) is 0 Å². The topological polar surface area (TPSA) is 66.4 Å². The minimum Gasteiger partial charge on any atom is -0.481 e. The van der Waals surface area contributed by atoms with Crippen LogP contribution in [0.4, 0.5) is 0 Å². The van der Waals surface area contributed by atoms with E-state index in [1.165, 1.54) is 11.1 Å². The second-order valence-corrected chi connectivity index (χ2v) is 7.42. The Kier molecular flexibility index (Phi) is 4.68. The molecule has 4 nitrogen and oxygen atoms in total. The third-order valence-electron chi connectivity index (χ3n) is 5.39. The number of carbonyl (C=O) groups is 2. The van der Waals surface area contributed by atoms with Crippen molar-refractivity contribution in [1.29, 1.82) is 0 Å². The maximum Gasteiger partial charge on any atom is 0.307 e. The molecule has 2 N–H and O–H groups in total. The lowest BCUT2D eigenvalue weighted by Gasteiger charge is -2.26. The number of allylic oxidation sites excluding steroid dienone is 2. The number of amides is 1. The molecule has 128 valence electrons. The van der Waals surface area contributed by atoms with Crippen molar-refractivity contribution in [3.63, 3.8) is 0 Å². The van der Waals surface area contributed by atoms with Gasteiger partial charge in [0.05, 0.1) is 11.8 Å². The molecule has 2 fully saturated rings. The van der Waals surface area contributed by atoms with Gasteiger partial charge in [0.2, 0.25) is 5.91 Å². The summed E-state index contributed by atoms with van der Waals surface area (Å²) in [6.07, 6.45) is 1.79. The van der Waals surface area contributed by atoms with E-state index in [0.717, 1.165) is 18.4 Å². The standard InChI is InChI=1S/C19H22ClNO3/c1-10(2)15-13-7-8-14(15)17(19(23)24)16(13)18(22)21-9-11-3-5-12(20)6-4-11/h3-6,13-14,16-17H,7-9H2,1-2H3,(H,21,22)(H,23,24)/t13-,14-,16+,17-/m0/s1. The Morgan fingerprint density at radius 3 is 2.25 bits per heavy atom. The quantitative estimate of drug-likeness (QED) is 0.817. The predicted octanol–water partition coefficient (Wildman–Crippen LogP) is 3.65. The number of carboxylic acids is 1. The van der Waals surface area contributed by atoms with Crippen molar-refractivity contribution in [1.82, 2.24) is 5.32 Å². The molecule has 4 atom stereocenters. The van der Waals surface area contributed by atoms with Crippen molar-refractivity contribution in [2.75, 3.05) is 0 Å². The molecule has 1 amide bonds. The second kappa shape index (κ2) is 6.60. The molecule has 0 radical (unpaired) electrons. The Labute approximate surface area is 146 Å². The fraction of sp³-hybridized carbons (Fsp3) is 0.474. The fourth-order valence-electron chi connectivity index (χ4n) is 4.51. The predicted molar refractivity (Wildman–Crippen MR) is 92.5 cm³/mol. The smallest absolute Gasteiger partial charge is 0.307 e. The summed E-state index contributed by atoms with van der Waals surface area (Å²) in [5.74, 6) is -1.97. The van der Waals surface area contributed by atoms with E-state index < -0.39 is 17.8 Å². The number of hydrogen-bond donors (Lipinski definition) is 2. The molecule has 3 rings (SSSR count). The average molecular weight is 348 g/mol. The minimum absolute atomic E-state index is 0.0174. The molecule has 0 aromatic heterocycles. The van der Waals surface area contributed by atoms with Crippen LogP contribution in [-0.4, -0.2) is 17.0 Å². The van der Waals surface area contributed by atoms with Crippen LogP contribution in [0, 0.1) is 23.7 Å². The number of aliphatic carboxylic acids is 1. The number of carbonyl (C=O) groups excluding carboxylic acids is 1. The molecule has 0 unspecified atom stereocenters. The first-order chi connectivity index (χ1) is 11.4. The number of carboxylic acid groups (broad SMARTS) is 1. The van der Waals surface area contributed by atoms with Crippen molar-refractivity contribution in [3.8, 4) is 0 Å². The number of fused-ring (bicyclic) bond motifs is 2. The molecule has 0 aliphatic heterocycles. The van der Waals surface area contributed by atoms with Gasteiger partial charge in [-0.05, 0) is 56.2 Å². The lowest BCUT2D eigenvalue weighted by atomic mass is 9.78. The van der Waals surface area contributed by atoms with E-state index in [0.29, 0.717) is 11.6 Å². The number of rotatable bonds is 4. The summed E-state index contributed by atoms with van der Waals surface area (Å²) in [7, 11) is 0. The number of halogens is 1. The first kappa shape index (κ1) is 17.0. The number of benzene rings is 1. The van der Waals surface area contributed by atoms with Crippen LogP contribution in [0.2, 0.25) is 5.02 Å². The molecular weight excluding hydrogens is 326 g/mol. The molecule has 2 saturated carbocycles. The van der Waals surface area contributed by atoms with Gasteiger partial charge in [0.15, 0.2) is 0 Å². The Morgan fingerprint density at radius 1 is 1.12 bits per heavy atom. The van der Waals surface area contributed by atoms with Gasteiger partial charge in [-0.3, -0.25) is 9.59 Å². The third-order valence-corrected chi connectivity index (χ3v) is 5.64. The highest BCUT2D eigenvalue weighted by Crippen LogP contribution is 2.57. The van der Waals surface area contributed by atoms with Gasteiger partial charge < -0.3 is 10.4 Å². The first-order valence-electron chi connectivity index (χ1n) is 8.32. The zero-order valence-electron chi connectivity index (χ0n) is 13.9. The fourth-order valence-corrected chi connectivity index (χ4v) is 4.64. The van der Waals surface area contributed by atoms with Crippen LogP contribution >= 0.6 is 11.6 Å². The van der Waals surface area contributed by atoms with Gasteiger partial charge in [0.25, 0.3) is 0 Å². The highest BCUT2D eigenvalue weighted by molar-refractivity contribution is 6.30. The van der Waals surface area contributed by atoms with Crippen molar-refractivity contribution in [2.24, 2.45) is 23.7 Å². The van der Waals surface area contributed by atoms with Crippen molar-refractivity contribution in [2.45, 2.75) is 33.2 Å². The highest BCUT2D eigenvalue weighted by atomic mass is 35.5. The van der Waals surface area contributed by atoms with Gasteiger partial charge in [-0.2, -0.15) is 0 Å². The third kappa shape index (κ3) is 2.95. The minimum atomic E-state index is -0.854. The summed E-state index contributed by atoms with van der Waals surface area (Å²) < 4.78 is 0. The van der Waals surface area contributed by atoms with Gasteiger partial charge in [0, 0.05) is 11.6 Å². The molecule has 24 heavy (non-hydrogen) atoms. The summed E-state index contributed by atoms with van der Waals surface area (Å²) in [6, 6.07) is 7.28. The molecule has 1 aromatic rings. The van der Waals surface area contributed by atoms with Crippen LogP contribution in [0.1, 0.15) is 32.3 Å². The van der Waals surface area contributed by atoms with Gasteiger partial charge in [-0.25, -0.2) is 0 Å². The number of nitrogens with one attached hydrogen (secondary N) is 1. The van der Waals surface area contributed by atoms with Crippen LogP contribution < -0.4 is 5.32 Å². The Balaban J connectivity index is 1.77. The van der Waals surface area contributed by atoms with Gasteiger partial charge in [0.1, 0.15) is 0 Å². The molecule has 2 aliphatic rings. The van der Waals surface area contributed by atoms with Crippen LogP contribution in [-0.2, 0) is 16.1 Å². The number of hydrogen-bond acceptors (Lipinski definition) is 2. The molecule has 0 heterocycles. The molecule has 2 bridgehead atoms. The Morgan fingerprint density at radius 2 is 1.71 bits per heavy atom. The van der Waals surface area contributed by atoms with Crippen molar-refractivity contribution >= 4 is 23.5 Å². The average Bonchev–Trinajstić information content (AvgIpc) is 3.10. The Hall–Kier alpha value is -1.81. The first-order valence-corrected chi connectivity index (χ1v) is 8.70. The largest absolute Gasteiger partial charge is 0.481 e. The van der Waals surface area contributed by atoms with Crippen LogP contribution in [0.25, 0.3) is 0 Å². The zero-order chi connectivity index (χ0) is 17.4. The maximum atomic E-state index is 12.7. The summed E-state index contributed by atoms with van der Waals surface area (Å²) in [4.78, 5) is 24.5. The van der Waals surface area contributed by atoms with E-state index in [4.69, 9.17) is 11.6 Å². The normalized spacial score (nSPS) is 28.0. The summed E-state index contributed by atoms with van der Waals surface area (Å²) in [5.41, 5.74) is 3.32. The van der Waals surface area contributed by atoms with Gasteiger partial charge >= 0.3 is 5.97 Å². The van der Waals surface area contributed by atoms with Gasteiger partial charge in [-0.15, -0.1) is 0 Å². The molecule has 5 heteroatoms. The van der Waals surface area contributed by atoms with Crippen molar-refractivity contribution < 1.29 is 14.7 Å². The molecule has 2 aliphatic carbocycles. The van der Waals surface area contributed by atoms with E-state index in [1.54, 1.807) is 12.1 Å². The molecular formula is C19H22ClNO3. The maximum absolute atomic E-state index is 12.7. The Bertz CT molecular complexity index is 691. The van der Waals surface area contributed by atoms with Crippen LogP contribution in [0.5, 0.6) is 0 Å².